The topological polar surface area (TPSA) is 79.8 Å². The second-order valence-electron chi connectivity index (χ2n) is 4.63. The van der Waals surface area contributed by atoms with Gasteiger partial charge in [0, 0.05) is 22.7 Å². The predicted molar refractivity (Wildman–Crippen MR) is 97.2 cm³/mol. The minimum absolute atomic E-state index is 0.0760. The van der Waals surface area contributed by atoms with Gasteiger partial charge in [-0.15, -0.1) is 11.3 Å². The van der Waals surface area contributed by atoms with Crippen molar-refractivity contribution in [2.24, 2.45) is 0 Å². The predicted octanol–water partition coefficient (Wildman–Crippen LogP) is 5.51. The average molecular weight is 374 g/mol. The Labute approximate surface area is 150 Å². The van der Waals surface area contributed by atoms with Crippen molar-refractivity contribution >= 4 is 56.7 Å². The molecular weight excluding hydrogens is 366 g/mol. The molecule has 0 saturated carbocycles. The number of benzene rings is 2. The highest BCUT2D eigenvalue weighted by Crippen LogP contribution is 2.35. The van der Waals surface area contributed by atoms with Gasteiger partial charge in [0.25, 0.3) is 5.69 Å². The molecule has 1 aromatic heterocycles. The zero-order chi connectivity index (χ0) is 17.1. The molecule has 0 bridgehead atoms. The summed E-state index contributed by atoms with van der Waals surface area (Å²) >= 11 is 8.76. The van der Waals surface area contributed by atoms with Crippen molar-refractivity contribution in [2.75, 3.05) is 0 Å². The fourth-order valence-electron chi connectivity index (χ4n) is 1.97. The number of nitro benzene ring substituents is 1. The van der Waals surface area contributed by atoms with Crippen LogP contribution in [0.25, 0.3) is 16.3 Å². The molecule has 0 saturated heterocycles. The van der Waals surface area contributed by atoms with Crippen molar-refractivity contribution in [1.82, 2.24) is 4.98 Å². The Morgan fingerprint density at radius 1 is 1.38 bits per heavy atom. The maximum atomic E-state index is 10.9. The van der Waals surface area contributed by atoms with Crippen molar-refractivity contribution in [3.05, 3.63) is 68.1 Å². The summed E-state index contributed by atoms with van der Waals surface area (Å²) in [6.07, 6.45) is 1.53. The number of fused-ring (bicyclic) bond motifs is 1. The molecule has 3 rings (SSSR count). The first-order valence-corrected chi connectivity index (χ1v) is 8.67. The molecule has 24 heavy (non-hydrogen) atoms. The van der Waals surface area contributed by atoms with Crippen LogP contribution in [0.3, 0.4) is 0 Å². The number of non-ortho nitro benzene ring substituents is 1. The van der Waals surface area contributed by atoms with E-state index in [0.29, 0.717) is 15.5 Å². The molecule has 0 aliphatic carbocycles. The number of hydrogen-bond donors (Lipinski definition) is 0. The van der Waals surface area contributed by atoms with E-state index in [1.807, 2.05) is 24.3 Å². The largest absolute Gasteiger partial charge is 0.270 e. The number of para-hydroxylation sites is 1. The summed E-state index contributed by atoms with van der Waals surface area (Å²) in [6, 6.07) is 13.9. The van der Waals surface area contributed by atoms with Crippen molar-refractivity contribution in [1.29, 1.82) is 5.26 Å². The lowest BCUT2D eigenvalue weighted by Gasteiger charge is -2.00. The van der Waals surface area contributed by atoms with Gasteiger partial charge in [0.05, 0.1) is 20.0 Å². The van der Waals surface area contributed by atoms with Gasteiger partial charge >= 0.3 is 0 Å². The molecule has 2 aromatic carbocycles. The first-order chi connectivity index (χ1) is 11.6. The maximum Gasteiger partial charge on any atom is 0.270 e. The van der Waals surface area contributed by atoms with Crippen LogP contribution in [0.1, 0.15) is 5.56 Å². The van der Waals surface area contributed by atoms with Crippen LogP contribution in [0, 0.1) is 21.4 Å². The van der Waals surface area contributed by atoms with Gasteiger partial charge < -0.3 is 0 Å². The van der Waals surface area contributed by atoms with E-state index in [1.54, 1.807) is 0 Å². The number of nitrogens with zero attached hydrogens (tertiary/aromatic N) is 3. The Morgan fingerprint density at radius 2 is 2.17 bits per heavy atom. The third-order valence-corrected chi connectivity index (χ3v) is 5.43. The molecule has 118 valence electrons. The van der Waals surface area contributed by atoms with Crippen molar-refractivity contribution in [2.45, 2.75) is 4.34 Å². The van der Waals surface area contributed by atoms with Crippen LogP contribution in [-0.2, 0) is 0 Å². The molecule has 8 heteroatoms. The number of nitro groups is 1. The summed E-state index contributed by atoms with van der Waals surface area (Å²) < 4.78 is 1.76. The maximum absolute atomic E-state index is 10.9. The smallest absolute Gasteiger partial charge is 0.258 e. The monoisotopic (exact) mass is 373 g/mol. The average Bonchev–Trinajstić information content (AvgIpc) is 2.98. The lowest BCUT2D eigenvalue weighted by atomic mass is 10.2. The zero-order valence-corrected chi connectivity index (χ0v) is 14.4. The first-order valence-electron chi connectivity index (χ1n) is 6.66. The summed E-state index contributed by atoms with van der Waals surface area (Å²) in [6.45, 7) is 0. The summed E-state index contributed by atoms with van der Waals surface area (Å²) in [4.78, 5) is 15.2. The van der Waals surface area contributed by atoms with E-state index in [0.717, 1.165) is 14.6 Å². The van der Waals surface area contributed by atoms with Crippen LogP contribution in [0.15, 0.2) is 51.7 Å². The van der Waals surface area contributed by atoms with E-state index in [9.17, 15) is 15.4 Å². The first kappa shape index (κ1) is 16.5. The summed E-state index contributed by atoms with van der Waals surface area (Å²) in [5.74, 6) is 0. The molecule has 1 heterocycles. The lowest BCUT2D eigenvalue weighted by Crippen LogP contribution is -1.88. The SMILES string of the molecule is N#C/C(=C\c1cc([N+](=O)[O-])ccc1Cl)Sc1nc2ccccc2s1. The number of rotatable bonds is 4. The van der Waals surface area contributed by atoms with E-state index in [1.165, 1.54) is 47.4 Å². The van der Waals surface area contributed by atoms with E-state index in [-0.39, 0.29) is 5.69 Å². The highest BCUT2D eigenvalue weighted by molar-refractivity contribution is 8.05. The lowest BCUT2D eigenvalue weighted by molar-refractivity contribution is -0.384. The van der Waals surface area contributed by atoms with Crippen LogP contribution in [0.5, 0.6) is 0 Å². The molecule has 0 atom stereocenters. The van der Waals surface area contributed by atoms with E-state index >= 15 is 0 Å². The Hall–Kier alpha value is -2.40. The molecule has 0 amide bonds. The van der Waals surface area contributed by atoms with Gasteiger partial charge in [0.2, 0.25) is 0 Å². The Kier molecular flexibility index (Phi) is 4.81. The molecule has 0 N–H and O–H groups in total. The second kappa shape index (κ2) is 7.01. The van der Waals surface area contributed by atoms with Crippen LogP contribution in [0.4, 0.5) is 5.69 Å². The van der Waals surface area contributed by atoms with Gasteiger partial charge in [0.15, 0.2) is 4.34 Å². The van der Waals surface area contributed by atoms with Crippen LogP contribution < -0.4 is 0 Å². The van der Waals surface area contributed by atoms with Crippen molar-refractivity contribution < 1.29 is 4.92 Å². The Morgan fingerprint density at radius 3 is 2.88 bits per heavy atom. The number of thioether (sulfide) groups is 1. The van der Waals surface area contributed by atoms with E-state index < -0.39 is 4.92 Å². The van der Waals surface area contributed by atoms with Crippen LogP contribution in [0.2, 0.25) is 5.02 Å². The number of hydrogen-bond acceptors (Lipinski definition) is 6. The quantitative estimate of drug-likeness (QED) is 0.260. The number of halogens is 1. The van der Waals surface area contributed by atoms with Gasteiger partial charge in [-0.3, -0.25) is 10.1 Å². The van der Waals surface area contributed by atoms with E-state index in [2.05, 4.69) is 11.1 Å². The minimum Gasteiger partial charge on any atom is -0.258 e. The van der Waals surface area contributed by atoms with E-state index in [4.69, 9.17) is 11.6 Å². The molecule has 3 aromatic rings. The normalized spacial score (nSPS) is 11.4. The number of allylic oxidation sites excluding steroid dienone is 1. The third-order valence-electron chi connectivity index (χ3n) is 3.06. The van der Waals surface area contributed by atoms with Gasteiger partial charge in [-0.2, -0.15) is 5.26 Å². The molecule has 0 spiro atoms. The second-order valence-corrected chi connectivity index (χ2v) is 7.36. The Bertz CT molecular complexity index is 975. The van der Waals surface area contributed by atoms with Gasteiger partial charge in [-0.1, -0.05) is 23.7 Å². The van der Waals surface area contributed by atoms with Gasteiger partial charge in [0.1, 0.15) is 6.07 Å². The minimum atomic E-state index is -0.500. The van der Waals surface area contributed by atoms with Crippen molar-refractivity contribution in [3.63, 3.8) is 0 Å². The molecule has 0 fully saturated rings. The number of aromatic nitrogens is 1. The highest BCUT2D eigenvalue weighted by Gasteiger charge is 2.11. The summed E-state index contributed by atoms with van der Waals surface area (Å²) in [5.41, 5.74) is 1.22. The van der Waals surface area contributed by atoms with Crippen LogP contribution in [-0.4, -0.2) is 9.91 Å². The summed E-state index contributed by atoms with van der Waals surface area (Å²) in [5, 5.41) is 20.6. The molecule has 0 aliphatic heterocycles. The summed E-state index contributed by atoms with van der Waals surface area (Å²) in [7, 11) is 0. The standard InChI is InChI=1S/C16H8ClN3O2S2/c17-13-6-5-11(20(21)22)7-10(13)8-12(9-18)23-16-19-14-3-1-2-4-15(14)24-16/h1-8H/b12-8+. The molecular formula is C16H8ClN3O2S2. The molecule has 5 nitrogen and oxygen atoms in total. The number of nitriles is 1. The fraction of sp³-hybridized carbons (Fsp3) is 0. The fourth-order valence-corrected chi connectivity index (χ4v) is 4.11. The Balaban J connectivity index is 1.94. The molecule has 0 unspecified atom stereocenters. The zero-order valence-electron chi connectivity index (χ0n) is 12.0. The highest BCUT2D eigenvalue weighted by atomic mass is 35.5. The van der Waals surface area contributed by atoms with Crippen LogP contribution >= 0.6 is 34.7 Å². The van der Waals surface area contributed by atoms with Crippen molar-refractivity contribution in [3.8, 4) is 6.07 Å². The van der Waals surface area contributed by atoms with Gasteiger partial charge in [-0.25, -0.2) is 4.98 Å². The molecule has 0 radical (unpaired) electrons. The molecule has 0 aliphatic rings. The third kappa shape index (κ3) is 3.57. The van der Waals surface area contributed by atoms with Gasteiger partial charge in [-0.05, 0) is 36.0 Å². The number of thiazole rings is 1.